The number of rotatable bonds is 2. The highest BCUT2D eigenvalue weighted by atomic mass is 16.2. The third-order valence-corrected chi connectivity index (χ3v) is 4.71. The largest absolute Gasteiger partial charge is 0.337 e. The number of likely N-dealkylation sites (tertiary alicyclic amines) is 1. The molecule has 4 rings (SSSR count). The average Bonchev–Trinajstić information content (AvgIpc) is 3.06. The molecule has 5 nitrogen and oxygen atoms in total. The monoisotopic (exact) mass is 320 g/mol. The van der Waals surface area contributed by atoms with E-state index in [1.807, 2.05) is 52.0 Å². The van der Waals surface area contributed by atoms with Crippen LogP contribution in [0.1, 0.15) is 30.3 Å². The van der Waals surface area contributed by atoms with Gasteiger partial charge >= 0.3 is 0 Å². The van der Waals surface area contributed by atoms with Crippen LogP contribution in [-0.4, -0.2) is 38.3 Å². The van der Waals surface area contributed by atoms with Gasteiger partial charge in [-0.1, -0.05) is 37.3 Å². The van der Waals surface area contributed by atoms with Crippen molar-refractivity contribution in [2.75, 3.05) is 13.1 Å². The fraction of sp³-hybridized carbons (Fsp3) is 0.316. The Kier molecular flexibility index (Phi) is 3.76. The van der Waals surface area contributed by atoms with E-state index in [0.717, 1.165) is 42.8 Å². The summed E-state index contributed by atoms with van der Waals surface area (Å²) in [6.07, 6.45) is 7.52. The van der Waals surface area contributed by atoms with Crippen molar-refractivity contribution < 1.29 is 4.79 Å². The maximum Gasteiger partial charge on any atom is 0.274 e. The Morgan fingerprint density at radius 3 is 2.67 bits per heavy atom. The smallest absolute Gasteiger partial charge is 0.274 e. The molecule has 0 atom stereocenters. The first-order chi connectivity index (χ1) is 11.7. The molecule has 1 aliphatic rings. The van der Waals surface area contributed by atoms with Gasteiger partial charge in [-0.25, -0.2) is 4.98 Å². The second kappa shape index (κ2) is 6.07. The zero-order chi connectivity index (χ0) is 16.5. The average molecular weight is 320 g/mol. The van der Waals surface area contributed by atoms with Crippen LogP contribution in [0.15, 0.2) is 48.9 Å². The lowest BCUT2D eigenvalue weighted by atomic mass is 9.99. The number of imidazole rings is 1. The molecule has 1 aromatic carbocycles. The summed E-state index contributed by atoms with van der Waals surface area (Å²) in [5.41, 5.74) is 3.01. The molecule has 1 saturated heterocycles. The van der Waals surface area contributed by atoms with Crippen LogP contribution < -0.4 is 0 Å². The number of aromatic nitrogens is 3. The van der Waals surface area contributed by atoms with Crippen LogP contribution in [0.5, 0.6) is 0 Å². The van der Waals surface area contributed by atoms with E-state index < -0.39 is 0 Å². The van der Waals surface area contributed by atoms with E-state index in [4.69, 9.17) is 0 Å². The van der Waals surface area contributed by atoms with E-state index in [1.165, 1.54) is 0 Å². The normalized spacial score (nSPS) is 15.8. The minimum atomic E-state index is 0.0182. The fourth-order valence-corrected chi connectivity index (χ4v) is 3.20. The van der Waals surface area contributed by atoms with Gasteiger partial charge in [0.05, 0.1) is 0 Å². The standard InChI is InChI=1S/C19H20N4O/c1-14-7-10-22(11-8-14)19(24)16-13-23-12-9-20-17(18(23)21-16)15-5-3-2-4-6-15/h2-6,9,12-14H,7-8,10-11H2,1H3. The van der Waals surface area contributed by atoms with Gasteiger partial charge in [-0.05, 0) is 18.8 Å². The third kappa shape index (κ3) is 2.66. The summed E-state index contributed by atoms with van der Waals surface area (Å²) < 4.78 is 1.88. The van der Waals surface area contributed by atoms with E-state index >= 15 is 0 Å². The van der Waals surface area contributed by atoms with Crippen LogP contribution in [0.3, 0.4) is 0 Å². The van der Waals surface area contributed by atoms with Gasteiger partial charge in [-0.2, -0.15) is 0 Å². The zero-order valence-corrected chi connectivity index (χ0v) is 13.7. The lowest BCUT2D eigenvalue weighted by Crippen LogP contribution is -2.38. The molecule has 2 aromatic heterocycles. The Hall–Kier alpha value is -2.69. The Morgan fingerprint density at radius 1 is 1.17 bits per heavy atom. The predicted octanol–water partition coefficient (Wildman–Crippen LogP) is 3.27. The lowest BCUT2D eigenvalue weighted by molar-refractivity contribution is 0.0692. The SMILES string of the molecule is CC1CCN(C(=O)c2cn3ccnc(-c4ccccc4)c3n2)CC1. The van der Waals surface area contributed by atoms with Gasteiger partial charge in [0.2, 0.25) is 0 Å². The highest BCUT2D eigenvalue weighted by molar-refractivity contribution is 5.93. The number of piperidine rings is 1. The number of fused-ring (bicyclic) bond motifs is 1. The number of nitrogens with zero attached hydrogens (tertiary/aromatic N) is 4. The molecule has 0 unspecified atom stereocenters. The molecule has 3 heterocycles. The molecular formula is C19H20N4O. The maximum absolute atomic E-state index is 12.8. The van der Waals surface area contributed by atoms with E-state index in [2.05, 4.69) is 16.9 Å². The third-order valence-electron chi connectivity index (χ3n) is 4.71. The van der Waals surface area contributed by atoms with Crippen molar-refractivity contribution in [3.8, 4) is 11.3 Å². The van der Waals surface area contributed by atoms with Crippen LogP contribution in [-0.2, 0) is 0 Å². The molecule has 5 heteroatoms. The molecule has 1 aliphatic heterocycles. The quantitative estimate of drug-likeness (QED) is 0.728. The van der Waals surface area contributed by atoms with Crippen molar-refractivity contribution in [3.05, 3.63) is 54.6 Å². The number of benzene rings is 1. The molecule has 24 heavy (non-hydrogen) atoms. The van der Waals surface area contributed by atoms with Crippen LogP contribution in [0.25, 0.3) is 16.9 Å². The minimum Gasteiger partial charge on any atom is -0.337 e. The number of carbonyl (C=O) groups excluding carboxylic acids is 1. The van der Waals surface area contributed by atoms with Gasteiger partial charge in [-0.3, -0.25) is 9.78 Å². The molecule has 0 saturated carbocycles. The molecular weight excluding hydrogens is 300 g/mol. The molecule has 0 bridgehead atoms. The van der Waals surface area contributed by atoms with Gasteiger partial charge in [0.1, 0.15) is 11.4 Å². The number of hydrogen-bond acceptors (Lipinski definition) is 3. The summed E-state index contributed by atoms with van der Waals surface area (Å²) in [6, 6.07) is 9.94. The maximum atomic E-state index is 12.8. The summed E-state index contributed by atoms with van der Waals surface area (Å²) in [7, 11) is 0. The van der Waals surface area contributed by atoms with E-state index in [9.17, 15) is 4.79 Å². The first-order valence-corrected chi connectivity index (χ1v) is 8.41. The first kappa shape index (κ1) is 14.9. The van der Waals surface area contributed by atoms with Crippen molar-refractivity contribution >= 4 is 11.6 Å². The molecule has 122 valence electrons. The van der Waals surface area contributed by atoms with Gasteiger partial charge in [-0.15, -0.1) is 0 Å². The fourth-order valence-electron chi connectivity index (χ4n) is 3.20. The summed E-state index contributed by atoms with van der Waals surface area (Å²) in [4.78, 5) is 23.7. The summed E-state index contributed by atoms with van der Waals surface area (Å²) in [5, 5.41) is 0. The second-order valence-electron chi connectivity index (χ2n) is 6.47. The number of amides is 1. The van der Waals surface area contributed by atoms with Crippen LogP contribution in [0, 0.1) is 5.92 Å². The second-order valence-corrected chi connectivity index (χ2v) is 6.47. The van der Waals surface area contributed by atoms with E-state index in [0.29, 0.717) is 11.6 Å². The lowest BCUT2D eigenvalue weighted by Gasteiger charge is -2.29. The van der Waals surface area contributed by atoms with Crippen molar-refractivity contribution in [2.45, 2.75) is 19.8 Å². The van der Waals surface area contributed by atoms with Crippen LogP contribution in [0.4, 0.5) is 0 Å². The Bertz CT molecular complexity index is 863. The molecule has 0 aliphatic carbocycles. The predicted molar refractivity (Wildman–Crippen MR) is 92.7 cm³/mol. The number of hydrogen-bond donors (Lipinski definition) is 0. The van der Waals surface area contributed by atoms with Crippen LogP contribution >= 0.6 is 0 Å². The molecule has 1 fully saturated rings. The Balaban J connectivity index is 1.70. The summed E-state index contributed by atoms with van der Waals surface area (Å²) in [5.74, 6) is 0.716. The zero-order valence-electron chi connectivity index (χ0n) is 13.7. The van der Waals surface area contributed by atoms with Gasteiger partial charge in [0, 0.05) is 37.2 Å². The summed E-state index contributed by atoms with van der Waals surface area (Å²) in [6.45, 7) is 3.87. The molecule has 0 radical (unpaired) electrons. The highest BCUT2D eigenvalue weighted by Crippen LogP contribution is 2.23. The van der Waals surface area contributed by atoms with Crippen molar-refractivity contribution in [1.82, 2.24) is 19.3 Å². The first-order valence-electron chi connectivity index (χ1n) is 8.41. The molecule has 0 spiro atoms. The topological polar surface area (TPSA) is 50.5 Å². The van der Waals surface area contributed by atoms with Gasteiger partial charge in [0.25, 0.3) is 5.91 Å². The van der Waals surface area contributed by atoms with E-state index in [-0.39, 0.29) is 5.91 Å². The van der Waals surface area contributed by atoms with Gasteiger partial charge in [0.15, 0.2) is 5.65 Å². The molecule has 1 amide bonds. The highest BCUT2D eigenvalue weighted by Gasteiger charge is 2.24. The Morgan fingerprint density at radius 2 is 1.92 bits per heavy atom. The number of carbonyl (C=O) groups is 1. The summed E-state index contributed by atoms with van der Waals surface area (Å²) >= 11 is 0. The van der Waals surface area contributed by atoms with Crippen molar-refractivity contribution in [2.24, 2.45) is 5.92 Å². The molecule has 0 N–H and O–H groups in total. The van der Waals surface area contributed by atoms with Crippen LogP contribution in [0.2, 0.25) is 0 Å². The van der Waals surface area contributed by atoms with Crippen molar-refractivity contribution in [3.63, 3.8) is 0 Å². The Labute approximate surface area is 141 Å². The van der Waals surface area contributed by atoms with E-state index in [1.54, 1.807) is 6.20 Å². The van der Waals surface area contributed by atoms with Gasteiger partial charge < -0.3 is 9.30 Å². The van der Waals surface area contributed by atoms with Crippen molar-refractivity contribution in [1.29, 1.82) is 0 Å². The molecule has 3 aromatic rings. The minimum absolute atomic E-state index is 0.0182.